The van der Waals surface area contributed by atoms with Crippen molar-refractivity contribution in [3.63, 3.8) is 0 Å². The van der Waals surface area contributed by atoms with E-state index < -0.39 is 0 Å². The van der Waals surface area contributed by atoms with E-state index in [1.165, 1.54) is 25.7 Å². The maximum absolute atomic E-state index is 3.86. The van der Waals surface area contributed by atoms with Crippen LogP contribution in [0.15, 0.2) is 11.1 Å². The van der Waals surface area contributed by atoms with Gasteiger partial charge in [-0.25, -0.2) is 0 Å². The molecule has 2 atom stereocenters. The fourth-order valence-corrected chi connectivity index (χ4v) is 2.61. The third-order valence-corrected chi connectivity index (χ3v) is 3.51. The molecule has 0 heterocycles. The van der Waals surface area contributed by atoms with E-state index in [2.05, 4.69) is 41.7 Å². The zero-order valence-electron chi connectivity index (χ0n) is 9.35. The van der Waals surface area contributed by atoms with Gasteiger partial charge in [0.1, 0.15) is 0 Å². The van der Waals surface area contributed by atoms with Crippen molar-refractivity contribution >= 4 is 15.9 Å². The molecule has 0 saturated heterocycles. The molecule has 0 aliphatic heterocycles. The molecule has 0 aromatic carbocycles. The SMILES string of the molecule is C=C(Br)CNC1CCCCC1C(C)C. The summed E-state index contributed by atoms with van der Waals surface area (Å²) in [7, 11) is 0. The molecule has 1 N–H and O–H groups in total. The van der Waals surface area contributed by atoms with Crippen LogP contribution in [0.1, 0.15) is 39.5 Å². The average Bonchev–Trinajstić information content (AvgIpc) is 2.15. The molecule has 2 heteroatoms. The van der Waals surface area contributed by atoms with Gasteiger partial charge >= 0.3 is 0 Å². The Balaban J connectivity index is 2.41. The van der Waals surface area contributed by atoms with Crippen LogP contribution in [0.25, 0.3) is 0 Å². The molecule has 0 amide bonds. The standard InChI is InChI=1S/C12H22BrN/c1-9(2)11-6-4-5-7-12(11)14-8-10(3)13/h9,11-12,14H,3-8H2,1-2H3. The van der Waals surface area contributed by atoms with Gasteiger partial charge in [0.05, 0.1) is 0 Å². The monoisotopic (exact) mass is 259 g/mol. The molecule has 2 unspecified atom stereocenters. The highest BCUT2D eigenvalue weighted by molar-refractivity contribution is 9.11. The number of rotatable bonds is 4. The lowest BCUT2D eigenvalue weighted by atomic mass is 9.78. The van der Waals surface area contributed by atoms with Crippen molar-refractivity contribution in [1.82, 2.24) is 5.32 Å². The van der Waals surface area contributed by atoms with Crippen molar-refractivity contribution < 1.29 is 0 Å². The van der Waals surface area contributed by atoms with Gasteiger partial charge in [-0.05, 0) is 24.7 Å². The summed E-state index contributed by atoms with van der Waals surface area (Å²) in [4.78, 5) is 0. The summed E-state index contributed by atoms with van der Waals surface area (Å²) in [5.74, 6) is 1.66. The Morgan fingerprint density at radius 1 is 1.43 bits per heavy atom. The van der Waals surface area contributed by atoms with Gasteiger partial charge in [-0.3, -0.25) is 0 Å². The number of halogens is 1. The molecule has 0 spiro atoms. The van der Waals surface area contributed by atoms with Crippen LogP contribution in [0.2, 0.25) is 0 Å². The number of hydrogen-bond donors (Lipinski definition) is 1. The molecule has 1 saturated carbocycles. The van der Waals surface area contributed by atoms with Gasteiger partial charge in [0.2, 0.25) is 0 Å². The minimum Gasteiger partial charge on any atom is -0.309 e. The molecular formula is C12H22BrN. The zero-order chi connectivity index (χ0) is 10.6. The van der Waals surface area contributed by atoms with E-state index in [9.17, 15) is 0 Å². The van der Waals surface area contributed by atoms with E-state index in [1.54, 1.807) is 0 Å². The van der Waals surface area contributed by atoms with Gasteiger partial charge in [0.15, 0.2) is 0 Å². The van der Waals surface area contributed by atoms with Crippen LogP contribution in [-0.4, -0.2) is 12.6 Å². The Bertz CT molecular complexity index is 189. The summed E-state index contributed by atoms with van der Waals surface area (Å²) in [6, 6.07) is 0.707. The van der Waals surface area contributed by atoms with Crippen LogP contribution < -0.4 is 5.32 Å². The van der Waals surface area contributed by atoms with Crippen LogP contribution in [0.4, 0.5) is 0 Å². The fraction of sp³-hybridized carbons (Fsp3) is 0.833. The average molecular weight is 260 g/mol. The van der Waals surface area contributed by atoms with E-state index in [4.69, 9.17) is 0 Å². The van der Waals surface area contributed by atoms with Gasteiger partial charge in [-0.15, -0.1) is 0 Å². The van der Waals surface area contributed by atoms with Crippen molar-refractivity contribution in [3.05, 3.63) is 11.1 Å². The van der Waals surface area contributed by atoms with Gasteiger partial charge in [0.25, 0.3) is 0 Å². The summed E-state index contributed by atoms with van der Waals surface area (Å²) in [5, 5.41) is 3.61. The van der Waals surface area contributed by atoms with E-state index in [0.29, 0.717) is 6.04 Å². The van der Waals surface area contributed by atoms with Crippen LogP contribution in [0.5, 0.6) is 0 Å². The lowest BCUT2D eigenvalue weighted by Gasteiger charge is -2.35. The highest BCUT2D eigenvalue weighted by Crippen LogP contribution is 2.30. The second kappa shape index (κ2) is 5.92. The predicted octanol–water partition coefficient (Wildman–Crippen LogP) is 3.70. The molecule has 0 aromatic rings. The van der Waals surface area contributed by atoms with Crippen molar-refractivity contribution in [2.24, 2.45) is 11.8 Å². The molecule has 0 bridgehead atoms. The zero-order valence-corrected chi connectivity index (χ0v) is 10.9. The number of nitrogens with one attached hydrogen (secondary N) is 1. The molecule has 82 valence electrons. The van der Waals surface area contributed by atoms with E-state index in [0.717, 1.165) is 22.9 Å². The molecule has 1 rings (SSSR count). The Hall–Kier alpha value is 0.180. The van der Waals surface area contributed by atoms with Crippen LogP contribution in [-0.2, 0) is 0 Å². The summed E-state index contributed by atoms with van der Waals surface area (Å²) < 4.78 is 1.06. The Kier molecular flexibility index (Phi) is 5.18. The topological polar surface area (TPSA) is 12.0 Å². The molecule has 14 heavy (non-hydrogen) atoms. The highest BCUT2D eigenvalue weighted by Gasteiger charge is 2.26. The predicted molar refractivity (Wildman–Crippen MR) is 66.7 cm³/mol. The molecular weight excluding hydrogens is 238 g/mol. The van der Waals surface area contributed by atoms with E-state index in [-0.39, 0.29) is 0 Å². The minimum absolute atomic E-state index is 0.707. The first kappa shape index (κ1) is 12.3. The van der Waals surface area contributed by atoms with Crippen molar-refractivity contribution in [3.8, 4) is 0 Å². The molecule has 1 fully saturated rings. The first-order chi connectivity index (χ1) is 6.61. The van der Waals surface area contributed by atoms with E-state index in [1.807, 2.05) is 0 Å². The van der Waals surface area contributed by atoms with Crippen molar-refractivity contribution in [1.29, 1.82) is 0 Å². The third-order valence-electron chi connectivity index (χ3n) is 3.23. The van der Waals surface area contributed by atoms with Crippen LogP contribution >= 0.6 is 15.9 Å². The minimum atomic E-state index is 0.707. The van der Waals surface area contributed by atoms with Crippen molar-refractivity contribution in [2.75, 3.05) is 6.54 Å². The normalized spacial score (nSPS) is 28.0. The summed E-state index contributed by atoms with van der Waals surface area (Å²) in [6.07, 6.45) is 5.53. The molecule has 1 aliphatic carbocycles. The maximum Gasteiger partial charge on any atom is 0.0268 e. The summed E-state index contributed by atoms with van der Waals surface area (Å²) in [6.45, 7) is 9.46. The largest absolute Gasteiger partial charge is 0.309 e. The Morgan fingerprint density at radius 3 is 2.64 bits per heavy atom. The van der Waals surface area contributed by atoms with Gasteiger partial charge in [-0.2, -0.15) is 0 Å². The Labute approximate surface area is 96.5 Å². The smallest absolute Gasteiger partial charge is 0.0268 e. The molecule has 0 aromatic heterocycles. The summed E-state index contributed by atoms with van der Waals surface area (Å²) in [5.41, 5.74) is 0. The van der Waals surface area contributed by atoms with Crippen LogP contribution in [0.3, 0.4) is 0 Å². The second-order valence-electron chi connectivity index (χ2n) is 4.70. The summed E-state index contributed by atoms with van der Waals surface area (Å²) >= 11 is 3.40. The third kappa shape index (κ3) is 3.74. The van der Waals surface area contributed by atoms with E-state index >= 15 is 0 Å². The molecule has 1 nitrogen and oxygen atoms in total. The van der Waals surface area contributed by atoms with Gasteiger partial charge < -0.3 is 5.32 Å². The van der Waals surface area contributed by atoms with Gasteiger partial charge in [0, 0.05) is 17.1 Å². The molecule has 1 aliphatic rings. The quantitative estimate of drug-likeness (QED) is 0.812. The van der Waals surface area contributed by atoms with Crippen molar-refractivity contribution in [2.45, 2.75) is 45.6 Å². The lowest BCUT2D eigenvalue weighted by Crippen LogP contribution is -2.41. The maximum atomic E-state index is 3.86. The second-order valence-corrected chi connectivity index (χ2v) is 5.82. The number of hydrogen-bond acceptors (Lipinski definition) is 1. The van der Waals surface area contributed by atoms with Crippen LogP contribution in [0, 0.1) is 11.8 Å². The highest BCUT2D eigenvalue weighted by atomic mass is 79.9. The molecule has 0 radical (unpaired) electrons. The lowest BCUT2D eigenvalue weighted by molar-refractivity contribution is 0.210. The first-order valence-electron chi connectivity index (χ1n) is 5.68. The fourth-order valence-electron chi connectivity index (χ4n) is 2.45. The van der Waals surface area contributed by atoms with Gasteiger partial charge in [-0.1, -0.05) is 49.2 Å². The first-order valence-corrected chi connectivity index (χ1v) is 6.47. The Morgan fingerprint density at radius 2 is 2.07 bits per heavy atom.